The lowest BCUT2D eigenvalue weighted by Gasteiger charge is -2.26. The minimum absolute atomic E-state index is 0.145. The molecule has 0 N–H and O–H groups in total. The van der Waals surface area contributed by atoms with Gasteiger partial charge in [0.2, 0.25) is 0 Å². The molecule has 0 aromatic carbocycles. The number of ether oxygens (including phenoxy) is 4. The van der Waals surface area contributed by atoms with Gasteiger partial charge in [-0.1, -0.05) is 140 Å². The summed E-state index contributed by atoms with van der Waals surface area (Å²) in [6.07, 6.45) is 40.3. The SMILES string of the molecule is CCCCC/C=C\C/C=C\CCCCCCCCCCCC(=O)OC(COC(=O)CCCCCCC/C=C\CCCCC)COC(OCC[N+](C)(C)C)C(=O)[O-]. The van der Waals surface area contributed by atoms with Gasteiger partial charge >= 0.3 is 11.9 Å². The minimum atomic E-state index is -1.62. The number of carbonyl (C=O) groups is 3. The summed E-state index contributed by atoms with van der Waals surface area (Å²) in [7, 11) is 5.90. The van der Waals surface area contributed by atoms with Crippen LogP contribution in [0.1, 0.15) is 187 Å². The van der Waals surface area contributed by atoms with Gasteiger partial charge < -0.3 is 33.3 Å². The Morgan fingerprint density at radius 1 is 0.536 bits per heavy atom. The average molecular weight is 792 g/mol. The molecule has 2 unspecified atom stereocenters. The van der Waals surface area contributed by atoms with Crippen LogP contribution < -0.4 is 5.11 Å². The maximum Gasteiger partial charge on any atom is 0.306 e. The second-order valence-corrected chi connectivity index (χ2v) is 16.3. The summed E-state index contributed by atoms with van der Waals surface area (Å²) in [5, 5.41) is 11.7. The number of hydrogen-bond donors (Lipinski definition) is 0. The summed E-state index contributed by atoms with van der Waals surface area (Å²) in [4.78, 5) is 36.9. The zero-order valence-electron chi connectivity index (χ0n) is 36.8. The smallest absolute Gasteiger partial charge is 0.306 e. The lowest BCUT2D eigenvalue weighted by atomic mass is 10.1. The third kappa shape index (κ3) is 39.7. The predicted molar refractivity (Wildman–Crippen MR) is 228 cm³/mol. The second-order valence-electron chi connectivity index (χ2n) is 16.3. The normalized spacial score (nSPS) is 13.2. The molecule has 326 valence electrons. The highest BCUT2D eigenvalue weighted by Gasteiger charge is 2.21. The van der Waals surface area contributed by atoms with E-state index in [1.54, 1.807) is 0 Å². The maximum atomic E-state index is 12.7. The van der Waals surface area contributed by atoms with Crippen LogP contribution in [0.3, 0.4) is 0 Å². The summed E-state index contributed by atoms with van der Waals surface area (Å²) in [5.74, 6) is -2.30. The van der Waals surface area contributed by atoms with E-state index in [1.807, 2.05) is 21.1 Å². The molecule has 0 radical (unpaired) electrons. The van der Waals surface area contributed by atoms with Gasteiger partial charge in [0.25, 0.3) is 0 Å². The predicted octanol–water partition coefficient (Wildman–Crippen LogP) is 10.5. The van der Waals surface area contributed by atoms with Crippen molar-refractivity contribution in [3.63, 3.8) is 0 Å². The maximum absolute atomic E-state index is 12.7. The van der Waals surface area contributed by atoms with E-state index in [0.717, 1.165) is 70.6 Å². The fraction of sp³-hybridized carbons (Fsp3) is 0.809. The molecule has 0 aliphatic rings. The van der Waals surface area contributed by atoms with Gasteiger partial charge in [0, 0.05) is 12.8 Å². The third-order valence-corrected chi connectivity index (χ3v) is 9.61. The molecule has 0 bridgehead atoms. The van der Waals surface area contributed by atoms with E-state index < -0.39 is 24.3 Å². The number of allylic oxidation sites excluding steroid dienone is 6. The van der Waals surface area contributed by atoms with Crippen molar-refractivity contribution in [2.24, 2.45) is 0 Å². The Kier molecular flexibility index (Phi) is 37.6. The molecule has 0 rings (SSSR count). The molecule has 0 aliphatic heterocycles. The van der Waals surface area contributed by atoms with E-state index in [2.05, 4.69) is 50.3 Å². The Hall–Kier alpha value is -2.49. The van der Waals surface area contributed by atoms with E-state index >= 15 is 0 Å². The average Bonchev–Trinajstić information content (AvgIpc) is 3.15. The van der Waals surface area contributed by atoms with Gasteiger partial charge in [-0.2, -0.15) is 0 Å². The van der Waals surface area contributed by atoms with Crippen LogP contribution in [0.25, 0.3) is 0 Å². The molecule has 0 heterocycles. The highest BCUT2D eigenvalue weighted by Crippen LogP contribution is 2.14. The van der Waals surface area contributed by atoms with Crippen LogP contribution in [0.2, 0.25) is 0 Å². The number of likely N-dealkylation sites (N-methyl/N-ethyl adjacent to an activating group) is 1. The first-order valence-corrected chi connectivity index (χ1v) is 22.6. The number of esters is 2. The molecule has 0 aliphatic carbocycles. The van der Waals surface area contributed by atoms with Crippen LogP contribution in [0.5, 0.6) is 0 Å². The van der Waals surface area contributed by atoms with Gasteiger partial charge in [0.1, 0.15) is 13.2 Å². The molecule has 56 heavy (non-hydrogen) atoms. The highest BCUT2D eigenvalue weighted by atomic mass is 16.7. The monoisotopic (exact) mass is 792 g/mol. The van der Waals surface area contributed by atoms with Gasteiger partial charge in [0.05, 0.1) is 40.3 Å². The number of rotatable bonds is 41. The molecule has 2 atom stereocenters. The number of aliphatic carboxylic acids is 1. The summed E-state index contributed by atoms with van der Waals surface area (Å²) < 4.78 is 22.5. The minimum Gasteiger partial charge on any atom is -0.545 e. The Morgan fingerprint density at radius 3 is 1.43 bits per heavy atom. The molecule has 0 aromatic heterocycles. The van der Waals surface area contributed by atoms with Crippen molar-refractivity contribution in [3.05, 3.63) is 36.5 Å². The first-order chi connectivity index (χ1) is 27.1. The van der Waals surface area contributed by atoms with Crippen LogP contribution in [-0.2, 0) is 33.3 Å². The largest absolute Gasteiger partial charge is 0.545 e. The molecule has 0 amide bonds. The van der Waals surface area contributed by atoms with Gasteiger partial charge in [-0.3, -0.25) is 9.59 Å². The molecule has 9 heteroatoms. The summed E-state index contributed by atoms with van der Waals surface area (Å²) in [6, 6.07) is 0. The first-order valence-electron chi connectivity index (χ1n) is 22.6. The first kappa shape index (κ1) is 53.5. The molecular formula is C47H85NO8. The van der Waals surface area contributed by atoms with Gasteiger partial charge in [-0.25, -0.2) is 0 Å². The molecule has 0 aromatic rings. The number of unbranched alkanes of at least 4 members (excludes halogenated alkanes) is 20. The number of carboxylic acids is 1. The molecule has 9 nitrogen and oxygen atoms in total. The van der Waals surface area contributed by atoms with Crippen molar-refractivity contribution in [1.82, 2.24) is 0 Å². The van der Waals surface area contributed by atoms with Crippen molar-refractivity contribution in [2.45, 2.75) is 200 Å². The van der Waals surface area contributed by atoms with Crippen LogP contribution in [0.4, 0.5) is 0 Å². The van der Waals surface area contributed by atoms with Crippen molar-refractivity contribution in [1.29, 1.82) is 0 Å². The highest BCUT2D eigenvalue weighted by molar-refractivity contribution is 5.70. The lowest BCUT2D eigenvalue weighted by molar-refractivity contribution is -0.870. The summed E-state index contributed by atoms with van der Waals surface area (Å²) in [5.41, 5.74) is 0. The molecule has 0 saturated carbocycles. The standard InChI is InChI=1S/C47H85NO8/c1-6-8-10-12-14-16-18-20-21-22-23-24-25-26-28-30-32-34-36-38-45(50)56-43(42-55-47(46(51)52)53-40-39-48(3,4)5)41-54-44(49)37-35-33-31-29-27-19-17-15-13-11-9-7-2/h14-17,20-21,43,47H,6-13,18-19,22-42H2,1-5H3/b16-14-,17-15-,21-20-. The number of carbonyl (C=O) groups excluding carboxylic acids is 3. The number of carboxylic acid groups (broad SMARTS) is 1. The lowest BCUT2D eigenvalue weighted by Crippen LogP contribution is -2.44. The second kappa shape index (κ2) is 39.3. The molecule has 0 saturated heterocycles. The van der Waals surface area contributed by atoms with Crippen LogP contribution in [0.15, 0.2) is 36.5 Å². The van der Waals surface area contributed by atoms with Crippen LogP contribution >= 0.6 is 0 Å². The third-order valence-electron chi connectivity index (χ3n) is 9.61. The van der Waals surface area contributed by atoms with E-state index in [1.165, 1.54) is 83.5 Å². The van der Waals surface area contributed by atoms with E-state index in [4.69, 9.17) is 18.9 Å². The topological polar surface area (TPSA) is 111 Å². The van der Waals surface area contributed by atoms with Crippen molar-refractivity contribution in [2.75, 3.05) is 47.5 Å². The Balaban J connectivity index is 4.42. The van der Waals surface area contributed by atoms with E-state index in [-0.39, 0.29) is 38.6 Å². The molecular weight excluding hydrogens is 707 g/mol. The van der Waals surface area contributed by atoms with Gasteiger partial charge in [-0.15, -0.1) is 0 Å². The molecule has 0 fully saturated rings. The van der Waals surface area contributed by atoms with Gasteiger partial charge in [-0.05, 0) is 70.6 Å². The molecule has 0 spiro atoms. The Labute approximate surface area is 343 Å². The number of nitrogens with zero attached hydrogens (tertiary/aromatic N) is 1. The zero-order chi connectivity index (χ0) is 41.4. The summed E-state index contributed by atoms with van der Waals surface area (Å²) in [6.45, 7) is 4.67. The fourth-order valence-corrected chi connectivity index (χ4v) is 6.03. The Morgan fingerprint density at radius 2 is 0.964 bits per heavy atom. The quantitative estimate of drug-likeness (QED) is 0.0198. The zero-order valence-corrected chi connectivity index (χ0v) is 36.8. The number of hydrogen-bond acceptors (Lipinski definition) is 8. The van der Waals surface area contributed by atoms with Gasteiger partial charge in [0.15, 0.2) is 12.4 Å². The van der Waals surface area contributed by atoms with Crippen LogP contribution in [0, 0.1) is 0 Å². The van der Waals surface area contributed by atoms with Crippen LogP contribution in [-0.4, -0.2) is 82.3 Å². The van der Waals surface area contributed by atoms with E-state index in [9.17, 15) is 19.5 Å². The summed E-state index contributed by atoms with van der Waals surface area (Å²) >= 11 is 0. The fourth-order valence-electron chi connectivity index (χ4n) is 6.03. The Bertz CT molecular complexity index is 1020. The number of quaternary nitrogens is 1. The van der Waals surface area contributed by atoms with Crippen molar-refractivity contribution >= 4 is 17.9 Å². The van der Waals surface area contributed by atoms with Crippen molar-refractivity contribution < 1.29 is 42.9 Å². The van der Waals surface area contributed by atoms with Crippen molar-refractivity contribution in [3.8, 4) is 0 Å². The van der Waals surface area contributed by atoms with E-state index in [0.29, 0.717) is 17.4 Å².